The van der Waals surface area contributed by atoms with Crippen LogP contribution < -0.4 is 0 Å². The summed E-state index contributed by atoms with van der Waals surface area (Å²) >= 11 is 3.68. The first kappa shape index (κ1) is 7.61. The van der Waals surface area contributed by atoms with Crippen LogP contribution in [0.5, 0.6) is 0 Å². The maximum atomic E-state index is 8.94. The van der Waals surface area contributed by atoms with Gasteiger partial charge in [-0.1, -0.05) is 15.9 Å². The summed E-state index contributed by atoms with van der Waals surface area (Å²) in [7, 11) is 0. The molecular weight excluding hydrogens is 202 g/mol. The normalized spacial score (nSPS) is 47.1. The van der Waals surface area contributed by atoms with Gasteiger partial charge in [0.05, 0.1) is 11.5 Å². The average Bonchev–Trinajstić information content (AvgIpc) is 1.79. The monoisotopic (exact) mass is 213 g/mol. The molecule has 1 nitrogen and oxygen atoms in total. The molecule has 0 aromatic rings. The summed E-state index contributed by atoms with van der Waals surface area (Å²) in [6, 6.07) is 2.42. The predicted octanol–water partition coefficient (Wildman–Crippen LogP) is 2.85. The molecule has 0 radical (unpaired) electrons. The first-order valence-electron chi connectivity index (χ1n) is 4.03. The van der Waals surface area contributed by atoms with Crippen LogP contribution in [-0.2, 0) is 0 Å². The summed E-state index contributed by atoms with van der Waals surface area (Å²) in [5, 5.41) is 8.94. The zero-order chi connectivity index (χ0) is 8.33. The maximum Gasteiger partial charge on any atom is 0.0689 e. The molecule has 60 valence electrons. The fourth-order valence-corrected chi connectivity index (χ4v) is 4.06. The molecule has 0 amide bonds. The van der Waals surface area contributed by atoms with Crippen molar-refractivity contribution in [3.05, 3.63) is 0 Å². The van der Waals surface area contributed by atoms with Gasteiger partial charge in [0, 0.05) is 4.32 Å². The number of hydrogen-bond donors (Lipinski definition) is 0. The van der Waals surface area contributed by atoms with Crippen molar-refractivity contribution in [2.75, 3.05) is 0 Å². The summed E-state index contributed by atoms with van der Waals surface area (Å²) in [6.45, 7) is 4.14. The minimum absolute atomic E-state index is 0.109. The second-order valence-electron chi connectivity index (χ2n) is 4.70. The number of rotatable bonds is 1. The Morgan fingerprint density at radius 2 is 1.82 bits per heavy atom. The van der Waals surface area contributed by atoms with E-state index >= 15 is 0 Å². The number of hydrogen-bond acceptors (Lipinski definition) is 1. The van der Waals surface area contributed by atoms with Crippen LogP contribution in [0, 0.1) is 22.2 Å². The van der Waals surface area contributed by atoms with E-state index in [1.54, 1.807) is 0 Å². The van der Waals surface area contributed by atoms with Gasteiger partial charge in [-0.25, -0.2) is 0 Å². The first-order valence-corrected chi connectivity index (χ1v) is 4.83. The van der Waals surface area contributed by atoms with Crippen LogP contribution in [0.4, 0.5) is 0 Å². The van der Waals surface area contributed by atoms with Crippen LogP contribution in [0.15, 0.2) is 0 Å². The van der Waals surface area contributed by atoms with Crippen molar-refractivity contribution < 1.29 is 0 Å². The number of nitriles is 1. The molecule has 2 bridgehead atoms. The minimum Gasteiger partial charge on any atom is -0.198 e. The third-order valence-corrected chi connectivity index (χ3v) is 4.41. The SMILES string of the molecule is CC(C)(C#N)C12CC(Br)(C1)C2. The Balaban J connectivity index is 2.17. The van der Waals surface area contributed by atoms with Crippen LogP contribution in [0.1, 0.15) is 33.1 Å². The molecule has 0 saturated heterocycles. The second kappa shape index (κ2) is 1.66. The molecule has 0 aromatic heterocycles. The Morgan fingerprint density at radius 3 is 2.09 bits per heavy atom. The van der Waals surface area contributed by atoms with Crippen molar-refractivity contribution in [3.63, 3.8) is 0 Å². The Labute approximate surface area is 75.9 Å². The smallest absolute Gasteiger partial charge is 0.0689 e. The molecule has 0 aliphatic heterocycles. The predicted molar refractivity (Wildman–Crippen MR) is 47.3 cm³/mol. The fourth-order valence-electron chi connectivity index (χ4n) is 2.45. The molecule has 0 aromatic carbocycles. The standard InChI is InChI=1S/C9H12BrN/c1-7(2,6-11)8-3-9(10,4-8)5-8/h3-5H2,1-2H3. The topological polar surface area (TPSA) is 23.8 Å². The molecule has 3 aliphatic carbocycles. The van der Waals surface area contributed by atoms with Gasteiger partial charge in [0.2, 0.25) is 0 Å². The molecule has 3 fully saturated rings. The van der Waals surface area contributed by atoms with E-state index in [0.29, 0.717) is 9.74 Å². The van der Waals surface area contributed by atoms with Crippen molar-refractivity contribution in [2.24, 2.45) is 10.8 Å². The third-order valence-electron chi connectivity index (χ3n) is 3.57. The Hall–Kier alpha value is -0.0300. The van der Waals surface area contributed by atoms with Gasteiger partial charge in [-0.15, -0.1) is 0 Å². The van der Waals surface area contributed by atoms with E-state index < -0.39 is 0 Å². The van der Waals surface area contributed by atoms with Gasteiger partial charge in [-0.05, 0) is 38.5 Å². The fraction of sp³-hybridized carbons (Fsp3) is 0.889. The van der Waals surface area contributed by atoms with E-state index in [9.17, 15) is 0 Å². The molecule has 0 unspecified atom stereocenters. The quantitative estimate of drug-likeness (QED) is 0.615. The van der Waals surface area contributed by atoms with Gasteiger partial charge in [0.25, 0.3) is 0 Å². The van der Waals surface area contributed by atoms with Crippen molar-refractivity contribution in [1.29, 1.82) is 5.26 Å². The van der Waals surface area contributed by atoms with Gasteiger partial charge in [-0.3, -0.25) is 0 Å². The molecular formula is C9H12BrN. The number of nitrogens with zero attached hydrogens (tertiary/aromatic N) is 1. The summed E-state index contributed by atoms with van der Waals surface area (Å²) < 4.78 is 0.446. The van der Waals surface area contributed by atoms with Crippen LogP contribution >= 0.6 is 15.9 Å². The van der Waals surface area contributed by atoms with E-state index in [2.05, 4.69) is 35.8 Å². The van der Waals surface area contributed by atoms with Gasteiger partial charge >= 0.3 is 0 Å². The minimum atomic E-state index is -0.109. The van der Waals surface area contributed by atoms with Gasteiger partial charge in [0.15, 0.2) is 0 Å². The highest BCUT2D eigenvalue weighted by Gasteiger charge is 2.72. The highest BCUT2D eigenvalue weighted by molar-refractivity contribution is 9.10. The molecule has 0 atom stereocenters. The van der Waals surface area contributed by atoms with Crippen molar-refractivity contribution >= 4 is 15.9 Å². The highest BCUT2D eigenvalue weighted by Crippen LogP contribution is 2.77. The number of halogens is 1. The van der Waals surface area contributed by atoms with Gasteiger partial charge < -0.3 is 0 Å². The van der Waals surface area contributed by atoms with E-state index in [0.717, 1.165) is 0 Å². The Kier molecular flexibility index (Phi) is 1.15. The summed E-state index contributed by atoms with van der Waals surface area (Å²) in [4.78, 5) is 0. The second-order valence-corrected chi connectivity index (χ2v) is 6.38. The molecule has 3 aliphatic rings. The van der Waals surface area contributed by atoms with E-state index in [1.165, 1.54) is 19.3 Å². The average molecular weight is 214 g/mol. The lowest BCUT2D eigenvalue weighted by Crippen LogP contribution is -2.68. The molecule has 11 heavy (non-hydrogen) atoms. The summed E-state index contributed by atoms with van der Waals surface area (Å²) in [5.41, 5.74) is 0.258. The van der Waals surface area contributed by atoms with Gasteiger partial charge in [0.1, 0.15) is 0 Å². The molecule has 2 heteroatoms. The van der Waals surface area contributed by atoms with E-state index in [4.69, 9.17) is 5.26 Å². The largest absolute Gasteiger partial charge is 0.198 e. The number of alkyl halides is 1. The van der Waals surface area contributed by atoms with Gasteiger partial charge in [-0.2, -0.15) is 5.26 Å². The van der Waals surface area contributed by atoms with Crippen molar-refractivity contribution in [1.82, 2.24) is 0 Å². The third kappa shape index (κ3) is 0.705. The van der Waals surface area contributed by atoms with Crippen LogP contribution in [-0.4, -0.2) is 4.32 Å². The zero-order valence-electron chi connectivity index (χ0n) is 6.95. The van der Waals surface area contributed by atoms with Crippen molar-refractivity contribution in [3.8, 4) is 6.07 Å². The van der Waals surface area contributed by atoms with Crippen LogP contribution in [0.3, 0.4) is 0 Å². The van der Waals surface area contributed by atoms with E-state index in [-0.39, 0.29) is 5.41 Å². The molecule has 3 saturated carbocycles. The lowest BCUT2D eigenvalue weighted by atomic mass is 9.36. The molecule has 0 heterocycles. The lowest BCUT2D eigenvalue weighted by Gasteiger charge is -2.72. The Morgan fingerprint density at radius 1 is 1.36 bits per heavy atom. The highest BCUT2D eigenvalue weighted by atomic mass is 79.9. The van der Waals surface area contributed by atoms with Crippen LogP contribution in [0.2, 0.25) is 0 Å². The zero-order valence-corrected chi connectivity index (χ0v) is 8.53. The summed E-state index contributed by atoms with van der Waals surface area (Å²) in [5.74, 6) is 0. The molecule has 0 N–H and O–H groups in total. The lowest BCUT2D eigenvalue weighted by molar-refractivity contribution is -0.137. The maximum absolute atomic E-state index is 8.94. The van der Waals surface area contributed by atoms with E-state index in [1.807, 2.05) is 0 Å². The van der Waals surface area contributed by atoms with Crippen LogP contribution in [0.25, 0.3) is 0 Å². The summed E-state index contributed by atoms with van der Waals surface area (Å²) in [6.07, 6.45) is 3.63. The van der Waals surface area contributed by atoms with Crippen molar-refractivity contribution in [2.45, 2.75) is 37.4 Å². The first-order chi connectivity index (χ1) is 4.93. The molecule has 0 spiro atoms. The molecule has 3 rings (SSSR count). The Bertz CT molecular complexity index is 229.